The van der Waals surface area contributed by atoms with E-state index in [2.05, 4.69) is 63.0 Å². The number of nitrogens with one attached hydrogen (secondary N) is 1. The lowest BCUT2D eigenvalue weighted by Gasteiger charge is -2.19. The summed E-state index contributed by atoms with van der Waals surface area (Å²) in [7, 11) is 0. The lowest BCUT2D eigenvalue weighted by molar-refractivity contribution is 0.605. The predicted molar refractivity (Wildman–Crippen MR) is 89.2 cm³/mol. The van der Waals surface area contributed by atoms with E-state index in [1.54, 1.807) is 0 Å². The molecule has 1 unspecified atom stereocenters. The van der Waals surface area contributed by atoms with Gasteiger partial charge in [-0.2, -0.15) is 11.8 Å². The van der Waals surface area contributed by atoms with Crippen molar-refractivity contribution in [2.75, 3.05) is 18.1 Å². The maximum atomic E-state index is 3.62. The topological polar surface area (TPSA) is 12.0 Å². The lowest BCUT2D eigenvalue weighted by Crippen LogP contribution is -2.23. The summed E-state index contributed by atoms with van der Waals surface area (Å²) in [5, 5.41) is 3.62. The molecule has 0 saturated carbocycles. The molecule has 1 atom stereocenters. The second kappa shape index (κ2) is 9.44. The molecule has 1 aromatic carbocycles. The second-order valence-electron chi connectivity index (χ2n) is 5.24. The molecule has 1 aromatic rings. The van der Waals surface area contributed by atoms with Crippen LogP contribution in [0.3, 0.4) is 0 Å². The predicted octanol–water partition coefficient (Wildman–Crippen LogP) is 4.88. The SMILES string of the molecule is CCCCCSCC(NCC)c1ccc(C)c(C)c1. The van der Waals surface area contributed by atoms with E-state index in [1.807, 2.05) is 0 Å². The van der Waals surface area contributed by atoms with Crippen LogP contribution in [0.25, 0.3) is 0 Å². The van der Waals surface area contributed by atoms with Gasteiger partial charge in [-0.25, -0.2) is 0 Å². The maximum absolute atomic E-state index is 3.62. The van der Waals surface area contributed by atoms with Crippen molar-refractivity contribution in [1.29, 1.82) is 0 Å². The molecule has 0 aliphatic carbocycles. The van der Waals surface area contributed by atoms with E-state index in [-0.39, 0.29) is 0 Å². The van der Waals surface area contributed by atoms with Crippen LogP contribution in [0.1, 0.15) is 55.8 Å². The van der Waals surface area contributed by atoms with Crippen molar-refractivity contribution in [2.24, 2.45) is 0 Å². The zero-order chi connectivity index (χ0) is 14.1. The van der Waals surface area contributed by atoms with Crippen molar-refractivity contribution in [2.45, 2.75) is 53.0 Å². The minimum atomic E-state index is 0.496. The van der Waals surface area contributed by atoms with Crippen molar-refractivity contribution in [3.05, 3.63) is 34.9 Å². The first-order chi connectivity index (χ1) is 9.19. The molecule has 19 heavy (non-hydrogen) atoms. The van der Waals surface area contributed by atoms with Crippen LogP contribution in [-0.4, -0.2) is 18.1 Å². The molecule has 0 amide bonds. The molecule has 1 nitrogen and oxygen atoms in total. The highest BCUT2D eigenvalue weighted by molar-refractivity contribution is 7.99. The first kappa shape index (κ1) is 16.6. The quantitative estimate of drug-likeness (QED) is 0.647. The van der Waals surface area contributed by atoms with Gasteiger partial charge in [-0.3, -0.25) is 0 Å². The van der Waals surface area contributed by atoms with E-state index in [1.165, 1.54) is 47.5 Å². The van der Waals surface area contributed by atoms with Crippen LogP contribution >= 0.6 is 11.8 Å². The van der Waals surface area contributed by atoms with Gasteiger partial charge < -0.3 is 5.32 Å². The molecule has 0 saturated heterocycles. The minimum Gasteiger partial charge on any atom is -0.310 e. The van der Waals surface area contributed by atoms with E-state index in [4.69, 9.17) is 0 Å². The third-order valence-corrected chi connectivity index (χ3v) is 4.71. The van der Waals surface area contributed by atoms with Gasteiger partial charge in [0, 0.05) is 11.8 Å². The van der Waals surface area contributed by atoms with Gasteiger partial charge in [0.25, 0.3) is 0 Å². The fraction of sp³-hybridized carbons (Fsp3) is 0.647. The summed E-state index contributed by atoms with van der Waals surface area (Å²) in [6, 6.07) is 7.37. The van der Waals surface area contributed by atoms with Gasteiger partial charge in [0.1, 0.15) is 0 Å². The third-order valence-electron chi connectivity index (χ3n) is 3.56. The van der Waals surface area contributed by atoms with Gasteiger partial charge in [-0.05, 0) is 49.3 Å². The number of benzene rings is 1. The second-order valence-corrected chi connectivity index (χ2v) is 6.39. The molecule has 1 N–H and O–H groups in total. The van der Waals surface area contributed by atoms with Crippen LogP contribution in [-0.2, 0) is 0 Å². The van der Waals surface area contributed by atoms with Crippen LogP contribution in [0.4, 0.5) is 0 Å². The molecule has 1 rings (SSSR count). The van der Waals surface area contributed by atoms with Gasteiger partial charge in [0.15, 0.2) is 0 Å². The van der Waals surface area contributed by atoms with Crippen LogP contribution in [0.15, 0.2) is 18.2 Å². The fourth-order valence-corrected chi connectivity index (χ4v) is 3.28. The Morgan fingerprint density at radius 1 is 1.11 bits per heavy atom. The van der Waals surface area contributed by atoms with Crippen molar-refractivity contribution in [3.63, 3.8) is 0 Å². The standard InChI is InChI=1S/C17H29NS/c1-5-7-8-11-19-13-17(18-6-2)16-10-9-14(3)15(4)12-16/h9-10,12,17-18H,5-8,11,13H2,1-4H3. The Morgan fingerprint density at radius 2 is 1.89 bits per heavy atom. The number of hydrogen-bond acceptors (Lipinski definition) is 2. The Kier molecular flexibility index (Phi) is 8.24. The first-order valence-corrected chi connectivity index (χ1v) is 8.72. The molecule has 0 radical (unpaired) electrons. The Balaban J connectivity index is 2.53. The summed E-state index contributed by atoms with van der Waals surface area (Å²) in [6.07, 6.45) is 4.03. The number of hydrogen-bond donors (Lipinski definition) is 1. The first-order valence-electron chi connectivity index (χ1n) is 7.57. The van der Waals surface area contributed by atoms with Crippen LogP contribution in [0.5, 0.6) is 0 Å². The van der Waals surface area contributed by atoms with Crippen molar-refractivity contribution in [1.82, 2.24) is 5.32 Å². The Bertz CT molecular complexity index is 362. The summed E-state index contributed by atoms with van der Waals surface area (Å²) in [4.78, 5) is 0. The highest BCUT2D eigenvalue weighted by Gasteiger charge is 2.10. The lowest BCUT2D eigenvalue weighted by atomic mass is 10.0. The van der Waals surface area contributed by atoms with Gasteiger partial charge >= 0.3 is 0 Å². The molecular formula is C17H29NS. The summed E-state index contributed by atoms with van der Waals surface area (Å²) >= 11 is 2.08. The third kappa shape index (κ3) is 6.01. The van der Waals surface area contributed by atoms with E-state index >= 15 is 0 Å². The van der Waals surface area contributed by atoms with Crippen molar-refractivity contribution < 1.29 is 0 Å². The molecular weight excluding hydrogens is 250 g/mol. The Labute approximate surface area is 123 Å². The normalized spacial score (nSPS) is 12.6. The average Bonchev–Trinajstić information content (AvgIpc) is 2.40. The number of thioether (sulfide) groups is 1. The van der Waals surface area contributed by atoms with Crippen LogP contribution < -0.4 is 5.32 Å². The largest absolute Gasteiger partial charge is 0.310 e. The zero-order valence-corrected chi connectivity index (χ0v) is 13.8. The monoisotopic (exact) mass is 279 g/mol. The summed E-state index contributed by atoms with van der Waals surface area (Å²) in [6.45, 7) is 9.88. The fourth-order valence-electron chi connectivity index (χ4n) is 2.16. The maximum Gasteiger partial charge on any atom is 0.0411 e. The summed E-state index contributed by atoms with van der Waals surface area (Å²) in [5.74, 6) is 2.47. The average molecular weight is 279 g/mol. The number of aryl methyl sites for hydroxylation is 2. The van der Waals surface area contributed by atoms with Crippen LogP contribution in [0, 0.1) is 13.8 Å². The molecule has 0 aliphatic rings. The molecule has 0 aliphatic heterocycles. The number of unbranched alkanes of at least 4 members (excludes halogenated alkanes) is 2. The van der Waals surface area contributed by atoms with Gasteiger partial charge in [0.2, 0.25) is 0 Å². The molecule has 108 valence electrons. The smallest absolute Gasteiger partial charge is 0.0411 e. The zero-order valence-electron chi connectivity index (χ0n) is 13.0. The van der Waals surface area contributed by atoms with Gasteiger partial charge in [-0.15, -0.1) is 0 Å². The molecule has 0 fully saturated rings. The molecule has 0 heterocycles. The van der Waals surface area contributed by atoms with Gasteiger partial charge in [-0.1, -0.05) is 44.9 Å². The van der Waals surface area contributed by atoms with Crippen molar-refractivity contribution in [3.8, 4) is 0 Å². The van der Waals surface area contributed by atoms with E-state index < -0.39 is 0 Å². The Hall–Kier alpha value is -0.470. The summed E-state index contributed by atoms with van der Waals surface area (Å²) in [5.41, 5.74) is 4.22. The molecule has 0 spiro atoms. The van der Waals surface area contributed by atoms with E-state index in [0.717, 1.165) is 6.54 Å². The summed E-state index contributed by atoms with van der Waals surface area (Å²) < 4.78 is 0. The van der Waals surface area contributed by atoms with Crippen molar-refractivity contribution >= 4 is 11.8 Å². The molecule has 2 heteroatoms. The molecule has 0 aromatic heterocycles. The van der Waals surface area contributed by atoms with Crippen LogP contribution in [0.2, 0.25) is 0 Å². The van der Waals surface area contributed by atoms with E-state index in [9.17, 15) is 0 Å². The highest BCUT2D eigenvalue weighted by Crippen LogP contribution is 2.21. The van der Waals surface area contributed by atoms with E-state index in [0.29, 0.717) is 6.04 Å². The minimum absolute atomic E-state index is 0.496. The number of rotatable bonds is 9. The molecule has 0 bridgehead atoms. The Morgan fingerprint density at radius 3 is 2.53 bits per heavy atom. The van der Waals surface area contributed by atoms with Gasteiger partial charge in [0.05, 0.1) is 0 Å². The highest BCUT2D eigenvalue weighted by atomic mass is 32.2.